The van der Waals surface area contributed by atoms with Crippen molar-refractivity contribution in [2.45, 2.75) is 43.9 Å². The predicted molar refractivity (Wildman–Crippen MR) is 142 cm³/mol. The van der Waals surface area contributed by atoms with Crippen LogP contribution in [-0.2, 0) is 10.4 Å². The highest BCUT2D eigenvalue weighted by Gasteiger charge is 2.62. The first-order valence-electron chi connectivity index (χ1n) is 13.3. The molecule has 7 nitrogen and oxygen atoms in total. The zero-order valence-corrected chi connectivity index (χ0v) is 23.2. The summed E-state index contributed by atoms with van der Waals surface area (Å²) in [6, 6.07) is 6.93. The second-order valence-electron chi connectivity index (χ2n) is 10.8. The maximum atomic E-state index is 13.9. The summed E-state index contributed by atoms with van der Waals surface area (Å²) in [5.74, 6) is -1.27. The van der Waals surface area contributed by atoms with Gasteiger partial charge in [0, 0.05) is 45.8 Å². The Hall–Kier alpha value is -2.92. The summed E-state index contributed by atoms with van der Waals surface area (Å²) in [6.07, 6.45) is -1.53. The number of pyridine rings is 1. The number of likely N-dealkylation sites (tertiary alicyclic amines) is 1. The van der Waals surface area contributed by atoms with E-state index in [1.807, 2.05) is 0 Å². The Kier molecular flexibility index (Phi) is 8.94. The van der Waals surface area contributed by atoms with Gasteiger partial charge in [0.15, 0.2) is 0 Å². The predicted octanol–water partition coefficient (Wildman–Crippen LogP) is 4.87. The number of alkyl halides is 3. The Bertz CT molecular complexity index is 1230. The van der Waals surface area contributed by atoms with E-state index in [0.29, 0.717) is 36.2 Å². The first-order valence-corrected chi connectivity index (χ1v) is 13.7. The molecule has 0 spiro atoms. The zero-order chi connectivity index (χ0) is 29.2. The second kappa shape index (κ2) is 11.9. The Balaban J connectivity index is 1.30. The Morgan fingerprint density at radius 3 is 2.15 bits per heavy atom. The molecule has 0 saturated carbocycles. The summed E-state index contributed by atoms with van der Waals surface area (Å²) >= 11 is 6.27. The normalized spacial score (nSPS) is 18.9. The number of rotatable bonds is 6. The highest BCUT2D eigenvalue weighted by Crippen LogP contribution is 2.42. The molecule has 2 aromatic rings. The molecule has 2 aliphatic rings. The maximum Gasteiger partial charge on any atom is 0.430 e. The van der Waals surface area contributed by atoms with Crippen LogP contribution in [0, 0.1) is 17.7 Å². The minimum atomic E-state index is -5.30. The van der Waals surface area contributed by atoms with Gasteiger partial charge >= 0.3 is 6.18 Å². The minimum absolute atomic E-state index is 0.0937. The number of carbonyl (C=O) groups excluding carboxylic acids is 2. The Labute approximate surface area is 235 Å². The van der Waals surface area contributed by atoms with Gasteiger partial charge in [-0.25, -0.2) is 9.37 Å². The van der Waals surface area contributed by atoms with Crippen LogP contribution in [0.5, 0.6) is 0 Å². The second-order valence-corrected chi connectivity index (χ2v) is 11.2. The molecule has 1 atom stereocenters. The van der Waals surface area contributed by atoms with Gasteiger partial charge in [-0.05, 0) is 68.2 Å². The van der Waals surface area contributed by atoms with E-state index in [9.17, 15) is 32.3 Å². The summed E-state index contributed by atoms with van der Waals surface area (Å²) in [5, 5.41) is 10.7. The van der Waals surface area contributed by atoms with Crippen LogP contribution in [0.2, 0.25) is 5.15 Å². The van der Waals surface area contributed by atoms with E-state index in [1.165, 1.54) is 4.90 Å². The number of amides is 2. The van der Waals surface area contributed by atoms with Crippen molar-refractivity contribution in [3.8, 4) is 0 Å². The molecule has 218 valence electrons. The van der Waals surface area contributed by atoms with E-state index >= 15 is 0 Å². The molecule has 2 fully saturated rings. The number of hydrogen-bond donors (Lipinski definition) is 1. The van der Waals surface area contributed by atoms with Gasteiger partial charge in [-0.15, -0.1) is 0 Å². The highest BCUT2D eigenvalue weighted by molar-refractivity contribution is 6.32. The van der Waals surface area contributed by atoms with Crippen LogP contribution in [0.4, 0.5) is 23.4 Å². The monoisotopic (exact) mass is 584 g/mol. The minimum Gasteiger partial charge on any atom is -0.368 e. The average molecular weight is 585 g/mol. The molecular weight excluding hydrogens is 552 g/mol. The number of benzene rings is 1. The number of anilines is 1. The fourth-order valence-corrected chi connectivity index (χ4v) is 5.82. The van der Waals surface area contributed by atoms with E-state index < -0.39 is 29.1 Å². The SMILES string of the molecule is CN(C)C(=O)c1ccc(N2CCC(CC3CCN(C(=O)[C@@](O)(c4cccc(F)c4)C(F)(F)F)CC3)CC2)nc1Cl. The van der Waals surface area contributed by atoms with Crippen LogP contribution >= 0.6 is 11.6 Å². The van der Waals surface area contributed by atoms with E-state index in [2.05, 4.69) is 9.88 Å². The van der Waals surface area contributed by atoms with Crippen molar-refractivity contribution in [3.63, 3.8) is 0 Å². The number of aliphatic hydroxyl groups is 1. The quantitative estimate of drug-likeness (QED) is 0.387. The van der Waals surface area contributed by atoms with Crippen molar-refractivity contribution in [2.75, 3.05) is 45.2 Å². The molecule has 3 heterocycles. The standard InChI is InChI=1S/C28H33ClF4N4O3/c1-35(2)25(38)22-6-7-23(34-24(22)29)36-12-8-18(9-13-36)16-19-10-14-37(15-11-19)26(39)27(40,28(31,32)33)20-4-3-5-21(30)17-20/h3-7,17-19,40H,8-16H2,1-2H3/t27-/m0/s1. The third kappa shape index (κ3) is 6.20. The third-order valence-corrected chi connectivity index (χ3v) is 8.23. The van der Waals surface area contributed by atoms with Crippen molar-refractivity contribution in [1.29, 1.82) is 0 Å². The van der Waals surface area contributed by atoms with Gasteiger partial charge in [0.1, 0.15) is 16.8 Å². The average Bonchev–Trinajstić information content (AvgIpc) is 2.92. The number of nitrogens with zero attached hydrogens (tertiary/aromatic N) is 4. The summed E-state index contributed by atoms with van der Waals surface area (Å²) in [4.78, 5) is 34.2. The number of aromatic nitrogens is 1. The topological polar surface area (TPSA) is 77.0 Å². The van der Waals surface area contributed by atoms with Gasteiger partial charge in [0.25, 0.3) is 17.4 Å². The first-order chi connectivity index (χ1) is 18.8. The zero-order valence-electron chi connectivity index (χ0n) is 22.4. The number of piperidine rings is 2. The molecule has 4 rings (SSSR count). The number of halogens is 5. The first kappa shape index (κ1) is 30.0. The molecule has 0 bridgehead atoms. The smallest absolute Gasteiger partial charge is 0.368 e. The molecule has 40 heavy (non-hydrogen) atoms. The van der Waals surface area contributed by atoms with Crippen molar-refractivity contribution in [3.05, 3.63) is 58.5 Å². The molecule has 1 aromatic carbocycles. The molecule has 2 amide bonds. The number of hydrogen-bond acceptors (Lipinski definition) is 5. The largest absolute Gasteiger partial charge is 0.430 e. The van der Waals surface area contributed by atoms with Crippen molar-refractivity contribution in [2.24, 2.45) is 11.8 Å². The van der Waals surface area contributed by atoms with Gasteiger partial charge in [-0.2, -0.15) is 13.2 Å². The molecule has 0 aliphatic carbocycles. The fraction of sp³-hybridized carbons (Fsp3) is 0.536. The van der Waals surface area contributed by atoms with Crippen LogP contribution in [0.15, 0.2) is 36.4 Å². The van der Waals surface area contributed by atoms with Gasteiger partial charge in [-0.3, -0.25) is 9.59 Å². The fourth-order valence-electron chi connectivity index (χ4n) is 5.59. The highest BCUT2D eigenvalue weighted by atomic mass is 35.5. The van der Waals surface area contributed by atoms with Crippen LogP contribution in [0.25, 0.3) is 0 Å². The molecule has 0 radical (unpaired) electrons. The molecule has 1 N–H and O–H groups in total. The Morgan fingerprint density at radius 2 is 1.62 bits per heavy atom. The van der Waals surface area contributed by atoms with E-state index in [4.69, 9.17) is 11.6 Å². The lowest BCUT2D eigenvalue weighted by atomic mass is 9.82. The summed E-state index contributed by atoms with van der Waals surface area (Å²) in [7, 11) is 3.29. The maximum absolute atomic E-state index is 13.9. The molecule has 12 heteroatoms. The lowest BCUT2D eigenvalue weighted by Crippen LogP contribution is -2.57. The lowest BCUT2D eigenvalue weighted by molar-refractivity contribution is -0.262. The molecule has 0 unspecified atom stereocenters. The summed E-state index contributed by atoms with van der Waals surface area (Å²) in [5.41, 5.74) is -4.28. The van der Waals surface area contributed by atoms with Crippen molar-refractivity contribution >= 4 is 29.2 Å². The molecule has 2 saturated heterocycles. The van der Waals surface area contributed by atoms with E-state index in [-0.39, 0.29) is 30.1 Å². The summed E-state index contributed by atoms with van der Waals surface area (Å²) < 4.78 is 55.4. The molecule has 1 aromatic heterocycles. The van der Waals surface area contributed by atoms with E-state index in [1.54, 1.807) is 26.2 Å². The summed E-state index contributed by atoms with van der Waals surface area (Å²) in [6.45, 7) is 1.71. The van der Waals surface area contributed by atoms with Gasteiger partial charge in [0.2, 0.25) is 0 Å². The number of carbonyl (C=O) groups is 2. The van der Waals surface area contributed by atoms with E-state index in [0.717, 1.165) is 55.5 Å². The van der Waals surface area contributed by atoms with Crippen molar-refractivity contribution in [1.82, 2.24) is 14.8 Å². The van der Waals surface area contributed by atoms with Gasteiger partial charge < -0.3 is 19.8 Å². The molecule has 2 aliphatic heterocycles. The molecular formula is C28H33ClF4N4O3. The van der Waals surface area contributed by atoms with Gasteiger partial charge in [-0.1, -0.05) is 23.7 Å². The van der Waals surface area contributed by atoms with Crippen LogP contribution in [-0.4, -0.2) is 78.2 Å². The Morgan fingerprint density at radius 1 is 1.02 bits per heavy atom. The van der Waals surface area contributed by atoms with Crippen LogP contribution < -0.4 is 4.90 Å². The van der Waals surface area contributed by atoms with Gasteiger partial charge in [0.05, 0.1) is 5.56 Å². The van der Waals surface area contributed by atoms with Crippen molar-refractivity contribution < 1.29 is 32.3 Å². The third-order valence-electron chi connectivity index (χ3n) is 7.94. The lowest BCUT2D eigenvalue weighted by Gasteiger charge is -2.40. The van der Waals surface area contributed by atoms with Crippen LogP contribution in [0.3, 0.4) is 0 Å². The van der Waals surface area contributed by atoms with Crippen LogP contribution in [0.1, 0.15) is 48.0 Å².